The standard InChI is InChI=1S/C26H33BrN4O4/c1-3-19-8-10-20(11-9-19)24(33)30-35-18-26(12-14-31(15-13-26)23(32)17-28-2)25(34)29-16-21-6-4-5-7-22(21)27/h4-11,28H,3,12-18H2,1-2H3,(H,29,34)(H,30,33). The summed E-state index contributed by atoms with van der Waals surface area (Å²) in [4.78, 5) is 45.6. The molecule has 1 fully saturated rings. The molecule has 1 heterocycles. The summed E-state index contributed by atoms with van der Waals surface area (Å²) in [6.07, 6.45) is 1.76. The molecular weight excluding hydrogens is 512 g/mol. The lowest BCUT2D eigenvalue weighted by atomic mass is 9.78. The molecule has 1 aliphatic heterocycles. The first-order valence-electron chi connectivity index (χ1n) is 11.8. The van der Waals surface area contributed by atoms with Crippen LogP contribution in [0.3, 0.4) is 0 Å². The third-order valence-corrected chi connectivity index (χ3v) is 7.19. The fourth-order valence-corrected chi connectivity index (χ4v) is 4.50. The Bertz CT molecular complexity index is 1020. The third-order valence-electron chi connectivity index (χ3n) is 6.42. The largest absolute Gasteiger partial charge is 0.351 e. The number of hydrogen-bond acceptors (Lipinski definition) is 5. The van der Waals surface area contributed by atoms with Gasteiger partial charge in [0.25, 0.3) is 5.91 Å². The van der Waals surface area contributed by atoms with Crippen LogP contribution in [-0.2, 0) is 27.4 Å². The Morgan fingerprint density at radius 2 is 1.74 bits per heavy atom. The molecule has 3 rings (SSSR count). The minimum absolute atomic E-state index is 0.000489. The van der Waals surface area contributed by atoms with Crippen LogP contribution in [0.1, 0.15) is 41.3 Å². The van der Waals surface area contributed by atoms with Crippen LogP contribution in [-0.4, -0.2) is 55.9 Å². The summed E-state index contributed by atoms with van der Waals surface area (Å²) in [5.41, 5.74) is 4.21. The van der Waals surface area contributed by atoms with Gasteiger partial charge in [0, 0.05) is 29.7 Å². The first kappa shape index (κ1) is 26.8. The molecule has 0 bridgehead atoms. The summed E-state index contributed by atoms with van der Waals surface area (Å²) in [6, 6.07) is 15.0. The fraction of sp³-hybridized carbons (Fsp3) is 0.423. The van der Waals surface area contributed by atoms with E-state index in [2.05, 4.69) is 39.0 Å². The van der Waals surface area contributed by atoms with Gasteiger partial charge in [-0.1, -0.05) is 53.2 Å². The Hall–Kier alpha value is -2.75. The smallest absolute Gasteiger partial charge is 0.274 e. The third kappa shape index (κ3) is 7.13. The van der Waals surface area contributed by atoms with Crippen molar-refractivity contribution in [3.8, 4) is 0 Å². The minimum atomic E-state index is -0.864. The second kappa shape index (κ2) is 12.8. The van der Waals surface area contributed by atoms with Crippen LogP contribution in [0.25, 0.3) is 0 Å². The minimum Gasteiger partial charge on any atom is -0.351 e. The van der Waals surface area contributed by atoms with E-state index in [1.165, 1.54) is 0 Å². The van der Waals surface area contributed by atoms with Gasteiger partial charge in [0.1, 0.15) is 0 Å². The molecule has 0 atom stereocenters. The molecule has 8 nitrogen and oxygen atoms in total. The number of aryl methyl sites for hydroxylation is 1. The van der Waals surface area contributed by atoms with Crippen molar-refractivity contribution >= 4 is 33.7 Å². The van der Waals surface area contributed by atoms with Crippen LogP contribution < -0.4 is 16.1 Å². The van der Waals surface area contributed by atoms with E-state index < -0.39 is 5.41 Å². The molecule has 0 saturated carbocycles. The van der Waals surface area contributed by atoms with Crippen LogP contribution in [0.15, 0.2) is 53.0 Å². The van der Waals surface area contributed by atoms with Crippen molar-refractivity contribution in [3.63, 3.8) is 0 Å². The van der Waals surface area contributed by atoms with Crippen molar-refractivity contribution in [3.05, 3.63) is 69.7 Å². The summed E-state index contributed by atoms with van der Waals surface area (Å²) in [7, 11) is 1.73. The molecule has 0 aliphatic carbocycles. The molecule has 3 N–H and O–H groups in total. The highest BCUT2D eigenvalue weighted by Gasteiger charge is 2.43. The van der Waals surface area contributed by atoms with Gasteiger partial charge < -0.3 is 15.5 Å². The van der Waals surface area contributed by atoms with E-state index in [1.807, 2.05) is 36.4 Å². The van der Waals surface area contributed by atoms with E-state index in [9.17, 15) is 14.4 Å². The highest BCUT2D eigenvalue weighted by atomic mass is 79.9. The molecular formula is C26H33BrN4O4. The lowest BCUT2D eigenvalue weighted by molar-refractivity contribution is -0.146. The van der Waals surface area contributed by atoms with Crippen molar-refractivity contribution in [2.45, 2.75) is 32.7 Å². The van der Waals surface area contributed by atoms with E-state index in [0.29, 0.717) is 38.0 Å². The second-order valence-electron chi connectivity index (χ2n) is 8.74. The van der Waals surface area contributed by atoms with E-state index in [-0.39, 0.29) is 30.9 Å². The molecule has 188 valence electrons. The summed E-state index contributed by atoms with van der Waals surface area (Å²) >= 11 is 3.51. The van der Waals surface area contributed by atoms with Crippen LogP contribution in [0, 0.1) is 5.41 Å². The zero-order chi connectivity index (χ0) is 25.3. The van der Waals surface area contributed by atoms with Gasteiger partial charge in [-0.3, -0.25) is 19.2 Å². The molecule has 1 aliphatic rings. The lowest BCUT2D eigenvalue weighted by Gasteiger charge is -2.40. The predicted octanol–water partition coefficient (Wildman–Crippen LogP) is 2.82. The normalized spacial score (nSPS) is 14.9. The van der Waals surface area contributed by atoms with Gasteiger partial charge in [0.05, 0.1) is 18.6 Å². The topological polar surface area (TPSA) is 99.8 Å². The van der Waals surface area contributed by atoms with Crippen molar-refractivity contribution in [2.24, 2.45) is 5.41 Å². The molecule has 3 amide bonds. The summed E-state index contributed by atoms with van der Waals surface area (Å²) in [5.74, 6) is -0.520. The van der Waals surface area contributed by atoms with Crippen LogP contribution >= 0.6 is 15.9 Å². The molecule has 0 aromatic heterocycles. The second-order valence-corrected chi connectivity index (χ2v) is 9.59. The Morgan fingerprint density at radius 1 is 1.06 bits per heavy atom. The van der Waals surface area contributed by atoms with Gasteiger partial charge in [-0.2, -0.15) is 0 Å². The Balaban J connectivity index is 1.65. The number of carbonyl (C=O) groups excluding carboxylic acids is 3. The number of halogens is 1. The Labute approximate surface area is 214 Å². The predicted molar refractivity (Wildman–Crippen MR) is 137 cm³/mol. The first-order valence-corrected chi connectivity index (χ1v) is 12.6. The molecule has 0 spiro atoms. The molecule has 35 heavy (non-hydrogen) atoms. The maximum absolute atomic E-state index is 13.4. The van der Waals surface area contributed by atoms with Crippen molar-refractivity contribution in [1.82, 2.24) is 21.0 Å². The number of benzene rings is 2. The molecule has 9 heteroatoms. The molecule has 1 saturated heterocycles. The zero-order valence-corrected chi connectivity index (χ0v) is 21.8. The van der Waals surface area contributed by atoms with Gasteiger partial charge in [-0.25, -0.2) is 5.48 Å². The monoisotopic (exact) mass is 544 g/mol. The van der Waals surface area contributed by atoms with Crippen molar-refractivity contribution in [2.75, 3.05) is 33.3 Å². The van der Waals surface area contributed by atoms with Crippen molar-refractivity contribution in [1.29, 1.82) is 0 Å². The van der Waals surface area contributed by atoms with Gasteiger partial charge in [0.2, 0.25) is 11.8 Å². The number of likely N-dealkylation sites (N-methyl/N-ethyl adjacent to an activating group) is 1. The number of hydroxylamine groups is 1. The van der Waals surface area contributed by atoms with Gasteiger partial charge >= 0.3 is 0 Å². The van der Waals surface area contributed by atoms with Gasteiger partial charge in [-0.15, -0.1) is 0 Å². The van der Waals surface area contributed by atoms with Gasteiger partial charge in [0.15, 0.2) is 0 Å². The van der Waals surface area contributed by atoms with E-state index in [0.717, 1.165) is 22.0 Å². The fourth-order valence-electron chi connectivity index (χ4n) is 4.08. The number of amides is 3. The molecule has 0 radical (unpaired) electrons. The van der Waals surface area contributed by atoms with E-state index in [1.54, 1.807) is 24.1 Å². The summed E-state index contributed by atoms with van der Waals surface area (Å²) in [5, 5.41) is 5.90. The van der Waals surface area contributed by atoms with Crippen LogP contribution in [0.2, 0.25) is 0 Å². The summed E-state index contributed by atoms with van der Waals surface area (Å²) < 4.78 is 0.916. The average molecular weight is 545 g/mol. The summed E-state index contributed by atoms with van der Waals surface area (Å²) in [6.45, 7) is 3.57. The number of nitrogens with one attached hydrogen (secondary N) is 3. The SMILES string of the molecule is CCc1ccc(C(=O)NOCC2(C(=O)NCc3ccccc3Br)CCN(C(=O)CNC)CC2)cc1. The van der Waals surface area contributed by atoms with E-state index >= 15 is 0 Å². The maximum Gasteiger partial charge on any atom is 0.274 e. The zero-order valence-electron chi connectivity index (χ0n) is 20.2. The highest BCUT2D eigenvalue weighted by molar-refractivity contribution is 9.10. The first-order chi connectivity index (χ1) is 16.9. The number of hydrogen-bond donors (Lipinski definition) is 3. The van der Waals surface area contributed by atoms with Crippen molar-refractivity contribution < 1.29 is 19.2 Å². The quantitative estimate of drug-likeness (QED) is 0.399. The van der Waals surface area contributed by atoms with Crippen LogP contribution in [0.4, 0.5) is 0 Å². The van der Waals surface area contributed by atoms with Crippen LogP contribution in [0.5, 0.6) is 0 Å². The molecule has 0 unspecified atom stereocenters. The number of piperidine rings is 1. The Morgan fingerprint density at radius 3 is 2.37 bits per heavy atom. The van der Waals surface area contributed by atoms with E-state index in [4.69, 9.17) is 4.84 Å². The number of carbonyl (C=O) groups is 3. The number of rotatable bonds is 10. The number of likely N-dealkylation sites (tertiary alicyclic amines) is 1. The average Bonchev–Trinajstić information content (AvgIpc) is 2.88. The highest BCUT2D eigenvalue weighted by Crippen LogP contribution is 2.32. The molecule has 2 aromatic carbocycles. The number of nitrogens with zero attached hydrogens (tertiary/aromatic N) is 1. The molecule has 2 aromatic rings. The maximum atomic E-state index is 13.4. The van der Waals surface area contributed by atoms with Gasteiger partial charge in [-0.05, 0) is 55.6 Å². The Kier molecular flexibility index (Phi) is 9.83. The lowest BCUT2D eigenvalue weighted by Crippen LogP contribution is -2.53.